The first-order valence-corrected chi connectivity index (χ1v) is 6.57. The molecular weight excluding hydrogens is 321 g/mol. The number of carbonyl (C=O) groups excluding carboxylic acids is 1. The predicted octanol–water partition coefficient (Wildman–Crippen LogP) is 1.77. The van der Waals surface area contributed by atoms with Gasteiger partial charge in [0.1, 0.15) is 0 Å². The molecule has 1 unspecified atom stereocenters. The Morgan fingerprint density at radius 3 is 2.94 bits per heavy atom. The third kappa shape index (κ3) is 5.35. The molecule has 0 aliphatic heterocycles. The van der Waals surface area contributed by atoms with Crippen LogP contribution in [0.4, 0.5) is 0 Å². The SMILES string of the molecule is COCC(O)CNC(=O)Cc1ccc(Cl)cc1Br. The average molecular weight is 337 g/mol. The van der Waals surface area contributed by atoms with Crippen LogP contribution >= 0.6 is 27.5 Å². The highest BCUT2D eigenvalue weighted by Gasteiger charge is 2.09. The van der Waals surface area contributed by atoms with Crippen molar-refractivity contribution in [3.63, 3.8) is 0 Å². The molecule has 0 heterocycles. The number of amides is 1. The second-order valence-electron chi connectivity index (χ2n) is 3.83. The van der Waals surface area contributed by atoms with E-state index in [0.29, 0.717) is 5.02 Å². The molecule has 0 saturated heterocycles. The van der Waals surface area contributed by atoms with Gasteiger partial charge in [-0.25, -0.2) is 0 Å². The first-order chi connectivity index (χ1) is 8.52. The standard InChI is InChI=1S/C12H15BrClNO3/c1-18-7-10(16)6-15-12(17)4-8-2-3-9(14)5-11(8)13/h2-3,5,10,16H,4,6-7H2,1H3,(H,15,17). The summed E-state index contributed by atoms with van der Waals surface area (Å²) < 4.78 is 5.56. The first kappa shape index (κ1) is 15.4. The number of aliphatic hydroxyl groups is 1. The van der Waals surface area contributed by atoms with Crippen LogP contribution in [0.3, 0.4) is 0 Å². The third-order valence-electron chi connectivity index (χ3n) is 2.26. The topological polar surface area (TPSA) is 58.6 Å². The van der Waals surface area contributed by atoms with Gasteiger partial charge in [-0.15, -0.1) is 0 Å². The van der Waals surface area contributed by atoms with Crippen LogP contribution in [-0.2, 0) is 16.0 Å². The lowest BCUT2D eigenvalue weighted by atomic mass is 10.1. The van der Waals surface area contributed by atoms with Crippen molar-refractivity contribution in [2.45, 2.75) is 12.5 Å². The fourth-order valence-corrected chi connectivity index (χ4v) is 2.21. The smallest absolute Gasteiger partial charge is 0.224 e. The highest BCUT2D eigenvalue weighted by atomic mass is 79.9. The van der Waals surface area contributed by atoms with Crippen LogP contribution in [0, 0.1) is 0 Å². The Hall–Kier alpha value is -0.620. The third-order valence-corrected chi connectivity index (χ3v) is 3.23. The number of rotatable bonds is 6. The predicted molar refractivity (Wildman–Crippen MR) is 73.7 cm³/mol. The second kappa shape index (κ2) is 7.74. The van der Waals surface area contributed by atoms with Gasteiger partial charge in [-0.05, 0) is 17.7 Å². The second-order valence-corrected chi connectivity index (χ2v) is 5.12. The molecule has 4 nitrogen and oxygen atoms in total. The van der Waals surface area contributed by atoms with E-state index >= 15 is 0 Å². The molecule has 2 N–H and O–H groups in total. The molecule has 1 amide bonds. The van der Waals surface area contributed by atoms with Gasteiger partial charge in [-0.1, -0.05) is 33.6 Å². The number of aliphatic hydroxyl groups excluding tert-OH is 1. The molecule has 0 fully saturated rings. The summed E-state index contributed by atoms with van der Waals surface area (Å²) >= 11 is 9.16. The number of carbonyl (C=O) groups is 1. The van der Waals surface area contributed by atoms with Crippen molar-refractivity contribution in [1.82, 2.24) is 5.32 Å². The minimum absolute atomic E-state index is 0.159. The van der Waals surface area contributed by atoms with Gasteiger partial charge in [0.15, 0.2) is 0 Å². The number of ether oxygens (including phenoxy) is 1. The Bertz CT molecular complexity index is 414. The van der Waals surface area contributed by atoms with Gasteiger partial charge in [0, 0.05) is 23.1 Å². The lowest BCUT2D eigenvalue weighted by Gasteiger charge is -2.11. The van der Waals surface area contributed by atoms with E-state index < -0.39 is 6.10 Å². The van der Waals surface area contributed by atoms with E-state index in [-0.39, 0.29) is 25.5 Å². The summed E-state index contributed by atoms with van der Waals surface area (Å²) in [6.45, 7) is 0.378. The lowest BCUT2D eigenvalue weighted by Crippen LogP contribution is -2.35. The molecule has 1 aromatic carbocycles. The zero-order valence-corrected chi connectivity index (χ0v) is 12.3. The maximum absolute atomic E-state index is 11.6. The Morgan fingerprint density at radius 2 is 2.33 bits per heavy atom. The summed E-state index contributed by atoms with van der Waals surface area (Å²) in [6.07, 6.45) is -0.454. The molecule has 1 aromatic rings. The molecule has 0 aliphatic rings. The van der Waals surface area contributed by atoms with E-state index in [2.05, 4.69) is 21.2 Å². The highest BCUT2D eigenvalue weighted by Crippen LogP contribution is 2.21. The summed E-state index contributed by atoms with van der Waals surface area (Å²) in [7, 11) is 1.50. The summed E-state index contributed by atoms with van der Waals surface area (Å²) in [6, 6.07) is 5.26. The van der Waals surface area contributed by atoms with Gasteiger partial charge >= 0.3 is 0 Å². The van der Waals surface area contributed by atoms with Crippen LogP contribution in [-0.4, -0.2) is 37.4 Å². The van der Waals surface area contributed by atoms with E-state index in [0.717, 1.165) is 10.0 Å². The summed E-state index contributed by atoms with van der Waals surface area (Å²) in [5.74, 6) is -0.159. The van der Waals surface area contributed by atoms with Crippen molar-refractivity contribution in [1.29, 1.82) is 0 Å². The number of hydrogen-bond acceptors (Lipinski definition) is 3. The van der Waals surface area contributed by atoms with E-state index in [1.807, 2.05) is 0 Å². The Labute approximate surface area is 119 Å². The quantitative estimate of drug-likeness (QED) is 0.832. The fourth-order valence-electron chi connectivity index (χ4n) is 1.38. The van der Waals surface area contributed by atoms with Crippen molar-refractivity contribution >= 4 is 33.4 Å². The van der Waals surface area contributed by atoms with Gasteiger partial charge in [0.25, 0.3) is 0 Å². The van der Waals surface area contributed by atoms with Crippen LogP contribution in [0.15, 0.2) is 22.7 Å². The number of benzene rings is 1. The minimum atomic E-state index is -0.687. The van der Waals surface area contributed by atoms with E-state index in [1.54, 1.807) is 18.2 Å². The monoisotopic (exact) mass is 335 g/mol. The van der Waals surface area contributed by atoms with Gasteiger partial charge in [0.05, 0.1) is 19.1 Å². The summed E-state index contributed by atoms with van der Waals surface area (Å²) in [4.78, 5) is 11.6. The summed E-state index contributed by atoms with van der Waals surface area (Å²) in [5.41, 5.74) is 0.845. The summed E-state index contributed by atoms with van der Waals surface area (Å²) in [5, 5.41) is 12.6. The first-order valence-electron chi connectivity index (χ1n) is 5.40. The average Bonchev–Trinajstić information content (AvgIpc) is 2.31. The normalized spacial score (nSPS) is 12.2. The minimum Gasteiger partial charge on any atom is -0.389 e. The molecule has 1 rings (SSSR count). The van der Waals surface area contributed by atoms with Gasteiger partial charge in [0.2, 0.25) is 5.91 Å². The molecule has 0 saturated carbocycles. The maximum Gasteiger partial charge on any atom is 0.224 e. The van der Waals surface area contributed by atoms with Gasteiger partial charge in [-0.2, -0.15) is 0 Å². The van der Waals surface area contributed by atoms with Crippen molar-refractivity contribution in [2.24, 2.45) is 0 Å². The van der Waals surface area contributed by atoms with Crippen LogP contribution < -0.4 is 5.32 Å². The van der Waals surface area contributed by atoms with Crippen LogP contribution in [0.1, 0.15) is 5.56 Å². The van der Waals surface area contributed by atoms with Crippen molar-refractivity contribution in [3.05, 3.63) is 33.3 Å². The van der Waals surface area contributed by atoms with Gasteiger partial charge in [-0.3, -0.25) is 4.79 Å². The number of halogens is 2. The molecule has 18 heavy (non-hydrogen) atoms. The van der Waals surface area contributed by atoms with Crippen LogP contribution in [0.5, 0.6) is 0 Å². The highest BCUT2D eigenvalue weighted by molar-refractivity contribution is 9.10. The van der Waals surface area contributed by atoms with Crippen LogP contribution in [0.2, 0.25) is 5.02 Å². The fraction of sp³-hybridized carbons (Fsp3) is 0.417. The van der Waals surface area contributed by atoms with Crippen molar-refractivity contribution < 1.29 is 14.6 Å². The molecule has 0 spiro atoms. The molecule has 1 atom stereocenters. The Balaban J connectivity index is 2.44. The Morgan fingerprint density at radius 1 is 1.61 bits per heavy atom. The zero-order chi connectivity index (χ0) is 13.5. The lowest BCUT2D eigenvalue weighted by molar-refractivity contribution is -0.121. The maximum atomic E-state index is 11.6. The van der Waals surface area contributed by atoms with Crippen LogP contribution in [0.25, 0.3) is 0 Å². The molecule has 0 aromatic heterocycles. The molecule has 0 aliphatic carbocycles. The van der Waals surface area contributed by atoms with Crippen molar-refractivity contribution in [3.8, 4) is 0 Å². The van der Waals surface area contributed by atoms with Gasteiger partial charge < -0.3 is 15.2 Å². The van der Waals surface area contributed by atoms with Crippen molar-refractivity contribution in [2.75, 3.05) is 20.3 Å². The molecule has 6 heteroatoms. The molecule has 0 radical (unpaired) electrons. The largest absolute Gasteiger partial charge is 0.389 e. The molecule has 100 valence electrons. The Kier molecular flexibility index (Phi) is 6.63. The van der Waals surface area contributed by atoms with E-state index in [4.69, 9.17) is 16.3 Å². The molecule has 0 bridgehead atoms. The van der Waals surface area contributed by atoms with E-state index in [1.165, 1.54) is 7.11 Å². The number of hydrogen-bond donors (Lipinski definition) is 2. The molecular formula is C12H15BrClNO3. The number of methoxy groups -OCH3 is 1. The van der Waals surface area contributed by atoms with E-state index in [9.17, 15) is 9.90 Å². The number of nitrogens with one attached hydrogen (secondary N) is 1. The zero-order valence-electron chi connectivity index (χ0n) is 9.95.